The van der Waals surface area contributed by atoms with Crippen molar-refractivity contribution in [2.45, 2.75) is 31.6 Å². The average Bonchev–Trinajstić information content (AvgIpc) is 3.25. The number of benzene rings is 2. The first-order valence-electron chi connectivity index (χ1n) is 11.2. The number of nitrogens with zero attached hydrogens (tertiary/aromatic N) is 2. The first-order valence-corrected chi connectivity index (χ1v) is 11.6. The summed E-state index contributed by atoms with van der Waals surface area (Å²) in [6, 6.07) is 15.6. The number of piperidine rings is 1. The first kappa shape index (κ1) is 19.7. The topological polar surface area (TPSA) is 27.4 Å². The number of nitrogens with one attached hydrogen (secondary N) is 1. The molecule has 5 rings (SSSR count). The number of fused-ring (bicyclic) bond motifs is 2. The third-order valence-electron chi connectivity index (χ3n) is 6.72. The summed E-state index contributed by atoms with van der Waals surface area (Å²) in [6.45, 7) is 4.05. The van der Waals surface area contributed by atoms with E-state index in [-0.39, 0.29) is 0 Å². The maximum absolute atomic E-state index is 6.45. The third kappa shape index (κ3) is 4.01. The molecule has 2 aromatic rings. The van der Waals surface area contributed by atoms with Gasteiger partial charge in [-0.05, 0) is 84.7 Å². The summed E-state index contributed by atoms with van der Waals surface area (Å²) in [5.74, 6) is 1.10. The van der Waals surface area contributed by atoms with Crippen LogP contribution in [-0.4, -0.2) is 43.3 Å². The fourth-order valence-electron chi connectivity index (χ4n) is 5.29. The van der Waals surface area contributed by atoms with Crippen LogP contribution in [0.15, 0.2) is 47.5 Å². The highest BCUT2D eigenvalue weighted by molar-refractivity contribution is 6.30. The van der Waals surface area contributed by atoms with Crippen LogP contribution in [0.2, 0.25) is 5.02 Å². The monoisotopic (exact) mass is 418 g/mol. The number of hydrogen-bond acceptors (Lipinski definition) is 2. The summed E-state index contributed by atoms with van der Waals surface area (Å²) < 4.78 is 2.21. The molecular weight excluding hydrogens is 390 g/mol. The molecule has 154 valence electrons. The van der Waals surface area contributed by atoms with Gasteiger partial charge in [-0.3, -0.25) is 0 Å². The fourth-order valence-corrected chi connectivity index (χ4v) is 5.47. The largest absolute Gasteiger partial charge is 0.317 e. The van der Waals surface area contributed by atoms with Crippen molar-refractivity contribution in [2.24, 2.45) is 10.9 Å². The molecule has 3 aliphatic rings. The molecule has 2 aromatic carbocycles. The van der Waals surface area contributed by atoms with Gasteiger partial charge in [0.05, 0.1) is 6.54 Å². The minimum absolute atomic E-state index is 0.434. The van der Waals surface area contributed by atoms with Crippen LogP contribution in [0, 0.1) is 5.92 Å². The minimum atomic E-state index is 0.434. The molecule has 1 atom stereocenters. The van der Waals surface area contributed by atoms with Crippen LogP contribution in [0.3, 0.4) is 0 Å². The molecule has 2 heterocycles. The van der Waals surface area contributed by atoms with E-state index >= 15 is 0 Å². The zero-order valence-corrected chi connectivity index (χ0v) is 18.1. The zero-order chi connectivity index (χ0) is 20.3. The molecule has 1 unspecified atom stereocenters. The molecule has 2 aliphatic heterocycles. The van der Waals surface area contributed by atoms with Crippen molar-refractivity contribution in [3.05, 3.63) is 69.7 Å². The second-order valence-corrected chi connectivity index (χ2v) is 9.04. The predicted octanol–water partition coefficient (Wildman–Crippen LogP) is 5.23. The Morgan fingerprint density at radius 3 is 2.77 bits per heavy atom. The van der Waals surface area contributed by atoms with E-state index in [0.29, 0.717) is 11.8 Å². The molecule has 0 bridgehead atoms. The van der Waals surface area contributed by atoms with Crippen LogP contribution in [0.1, 0.15) is 53.9 Å². The predicted molar refractivity (Wildman–Crippen MR) is 127 cm³/mol. The fraction of sp³-hybridized carbons (Fsp3) is 0.385. The third-order valence-corrected chi connectivity index (χ3v) is 6.96. The second-order valence-electron chi connectivity index (χ2n) is 8.60. The van der Waals surface area contributed by atoms with Crippen LogP contribution in [0.4, 0.5) is 0 Å². The average molecular weight is 419 g/mol. The summed E-state index contributed by atoms with van der Waals surface area (Å²) in [6.07, 6.45) is 11.1. The zero-order valence-electron chi connectivity index (χ0n) is 17.4. The highest BCUT2D eigenvalue weighted by Gasteiger charge is 2.31. The Hall–Kier alpha value is -2.23. The molecule has 30 heavy (non-hydrogen) atoms. The van der Waals surface area contributed by atoms with Crippen molar-refractivity contribution in [3.8, 4) is 0 Å². The molecule has 0 saturated carbocycles. The highest BCUT2D eigenvalue weighted by Crippen LogP contribution is 2.45. The molecule has 3 nitrogen and oxygen atoms in total. The van der Waals surface area contributed by atoms with Crippen LogP contribution in [0.5, 0.6) is 0 Å². The van der Waals surface area contributed by atoms with Crippen molar-refractivity contribution in [2.75, 3.05) is 26.2 Å². The van der Waals surface area contributed by atoms with Gasteiger partial charge in [0.25, 0.3) is 6.34 Å². The second kappa shape index (κ2) is 8.87. The molecule has 0 spiro atoms. The van der Waals surface area contributed by atoms with Crippen LogP contribution in [-0.2, 0) is 0 Å². The van der Waals surface area contributed by atoms with Gasteiger partial charge in [-0.2, -0.15) is 0 Å². The van der Waals surface area contributed by atoms with Gasteiger partial charge in [0.2, 0.25) is 0 Å². The van der Waals surface area contributed by atoms with Crippen molar-refractivity contribution in [1.29, 1.82) is 0 Å². The Morgan fingerprint density at radius 2 is 1.93 bits per heavy atom. The molecule has 1 fully saturated rings. The molecule has 0 radical (unpaired) electrons. The minimum Gasteiger partial charge on any atom is -0.317 e. The van der Waals surface area contributed by atoms with Crippen molar-refractivity contribution >= 4 is 35.8 Å². The maximum atomic E-state index is 6.45. The van der Waals surface area contributed by atoms with Crippen molar-refractivity contribution < 1.29 is 4.58 Å². The summed E-state index contributed by atoms with van der Waals surface area (Å²) in [5.41, 5.74) is 7.08. The number of aliphatic imine (C=N–C) groups is 1. The smallest absolute Gasteiger partial charge is 0.280 e. The Labute approximate surface area is 184 Å². The number of allylic oxidation sites excluding steroid dienone is 1. The normalized spacial score (nSPS) is 20.9. The van der Waals surface area contributed by atoms with E-state index in [2.05, 4.69) is 69.6 Å². The van der Waals surface area contributed by atoms with Crippen molar-refractivity contribution in [3.63, 3.8) is 0 Å². The van der Waals surface area contributed by atoms with E-state index in [1.165, 1.54) is 40.7 Å². The van der Waals surface area contributed by atoms with E-state index in [1.807, 2.05) is 6.34 Å². The Balaban J connectivity index is 1.54. The molecular formula is C26H29ClN3+. The van der Waals surface area contributed by atoms with E-state index in [4.69, 9.17) is 11.6 Å². The quantitative estimate of drug-likeness (QED) is 0.661. The van der Waals surface area contributed by atoms with Gasteiger partial charge in [-0.25, -0.2) is 4.58 Å². The molecule has 1 N–H and O–H groups in total. The lowest BCUT2D eigenvalue weighted by Crippen LogP contribution is -2.31. The number of hydrogen-bond donors (Lipinski definition) is 1. The van der Waals surface area contributed by atoms with Crippen LogP contribution < -0.4 is 5.32 Å². The SMILES string of the molecule is Clc1ccc2c(c1)C=C(CCC[N+]1=CCN=C1)c1ccccc1C2C1CCNCC1. The number of halogens is 1. The summed E-state index contributed by atoms with van der Waals surface area (Å²) in [4.78, 5) is 4.29. The van der Waals surface area contributed by atoms with Gasteiger partial charge in [0.1, 0.15) is 6.21 Å². The number of rotatable bonds is 5. The maximum Gasteiger partial charge on any atom is 0.280 e. The van der Waals surface area contributed by atoms with Gasteiger partial charge in [-0.15, -0.1) is 0 Å². The van der Waals surface area contributed by atoms with Gasteiger partial charge >= 0.3 is 0 Å². The van der Waals surface area contributed by atoms with Crippen LogP contribution in [0.25, 0.3) is 11.6 Å². The summed E-state index contributed by atoms with van der Waals surface area (Å²) >= 11 is 6.45. The van der Waals surface area contributed by atoms with E-state index in [9.17, 15) is 0 Å². The lowest BCUT2D eigenvalue weighted by atomic mass is 9.74. The van der Waals surface area contributed by atoms with Crippen LogP contribution >= 0.6 is 11.6 Å². The van der Waals surface area contributed by atoms with E-state index < -0.39 is 0 Å². The first-order chi connectivity index (χ1) is 14.8. The molecule has 0 aromatic heterocycles. The Morgan fingerprint density at radius 1 is 1.07 bits per heavy atom. The Kier molecular flexibility index (Phi) is 5.83. The molecule has 4 heteroatoms. The van der Waals surface area contributed by atoms with Gasteiger partial charge in [0.15, 0.2) is 6.54 Å². The van der Waals surface area contributed by atoms with Gasteiger partial charge in [0, 0.05) is 10.9 Å². The van der Waals surface area contributed by atoms with E-state index in [1.54, 1.807) is 0 Å². The highest BCUT2D eigenvalue weighted by atomic mass is 35.5. The molecule has 0 amide bonds. The van der Waals surface area contributed by atoms with E-state index in [0.717, 1.165) is 44.0 Å². The molecule has 1 aliphatic carbocycles. The standard InChI is InChI=1S/C26H29ClN3/c27-22-7-8-24-21(17-22)16-20(4-3-14-30-15-13-29-18-30)23-5-1-2-6-25(23)26(24)19-9-11-28-12-10-19/h1-2,5-8,15-19,26,28H,3-4,9-14H2/q+1. The van der Waals surface area contributed by atoms with Gasteiger partial charge in [-0.1, -0.05) is 53.0 Å². The Bertz CT molecular complexity index is 1010. The van der Waals surface area contributed by atoms with Gasteiger partial charge < -0.3 is 5.32 Å². The summed E-state index contributed by atoms with van der Waals surface area (Å²) in [5, 5.41) is 4.36. The lowest BCUT2D eigenvalue weighted by Gasteiger charge is -2.33. The molecule has 1 saturated heterocycles. The lowest BCUT2D eigenvalue weighted by molar-refractivity contribution is -0.390. The van der Waals surface area contributed by atoms with Crippen molar-refractivity contribution in [1.82, 2.24) is 5.32 Å². The summed E-state index contributed by atoms with van der Waals surface area (Å²) in [7, 11) is 0.